The van der Waals surface area contributed by atoms with Gasteiger partial charge in [0.2, 0.25) is 0 Å². The van der Waals surface area contributed by atoms with Gasteiger partial charge < -0.3 is 10.3 Å². The Morgan fingerprint density at radius 1 is 0.929 bits per heavy atom. The molecule has 5 nitrogen and oxygen atoms in total. The maximum atomic E-state index is 12.8. The van der Waals surface area contributed by atoms with Crippen LogP contribution in [0.3, 0.4) is 0 Å². The molecule has 2 N–H and O–H groups in total. The van der Waals surface area contributed by atoms with Crippen molar-refractivity contribution in [3.05, 3.63) is 93.8 Å². The smallest absolute Gasteiger partial charge is 0.275 e. The molecule has 1 aromatic heterocycles. The summed E-state index contributed by atoms with van der Waals surface area (Å²) in [4.78, 5) is 32.8. The normalized spacial score (nSPS) is 10.8. The summed E-state index contributed by atoms with van der Waals surface area (Å²) in [5.74, 6) is -0.225. The Bertz CT molecular complexity index is 1240. The van der Waals surface area contributed by atoms with Crippen LogP contribution in [0.5, 0.6) is 0 Å². The summed E-state index contributed by atoms with van der Waals surface area (Å²) in [5, 5.41) is 2.92. The summed E-state index contributed by atoms with van der Waals surface area (Å²) in [6.45, 7) is 3.91. The highest BCUT2D eigenvalue weighted by Crippen LogP contribution is 2.25. The largest absolute Gasteiger partial charge is 0.321 e. The molecule has 3 aromatic carbocycles. The second kappa shape index (κ2) is 7.12. The number of H-pyrrole nitrogens is 1. The van der Waals surface area contributed by atoms with Crippen LogP contribution in [0.25, 0.3) is 22.3 Å². The highest BCUT2D eigenvalue weighted by Gasteiger charge is 2.14. The Labute approximate surface area is 162 Å². The number of aryl methyl sites for hydroxylation is 2. The molecule has 4 aromatic rings. The van der Waals surface area contributed by atoms with Gasteiger partial charge in [0.1, 0.15) is 5.69 Å². The Hall–Kier alpha value is -3.73. The summed E-state index contributed by atoms with van der Waals surface area (Å²) in [6, 6.07) is 20.2. The SMILES string of the molecule is Cc1cc(C)cc(C(=O)Nc2ccccc2-c2nc3ccccc3[nH]c2=O)c1. The zero-order valence-corrected chi connectivity index (χ0v) is 15.6. The van der Waals surface area contributed by atoms with Crippen LogP contribution < -0.4 is 10.9 Å². The zero-order chi connectivity index (χ0) is 19.7. The fraction of sp³-hybridized carbons (Fsp3) is 0.0870. The average Bonchev–Trinajstić information content (AvgIpc) is 2.67. The number of carbonyl (C=O) groups is 1. The van der Waals surface area contributed by atoms with E-state index in [1.807, 2.05) is 62.4 Å². The molecule has 0 saturated heterocycles. The molecule has 0 saturated carbocycles. The molecule has 0 atom stereocenters. The first kappa shape index (κ1) is 17.7. The number of nitrogens with zero attached hydrogens (tertiary/aromatic N) is 1. The van der Waals surface area contributed by atoms with Gasteiger partial charge >= 0.3 is 0 Å². The first-order valence-corrected chi connectivity index (χ1v) is 8.99. The first-order valence-electron chi connectivity index (χ1n) is 8.99. The lowest BCUT2D eigenvalue weighted by atomic mass is 10.1. The third-order valence-electron chi connectivity index (χ3n) is 4.51. The summed E-state index contributed by atoms with van der Waals surface area (Å²) in [5.41, 5.74) is 5.07. The second-order valence-electron chi connectivity index (χ2n) is 6.81. The number of aromatic amines is 1. The van der Waals surface area contributed by atoms with Crippen molar-refractivity contribution in [2.75, 3.05) is 5.32 Å². The Morgan fingerprint density at radius 3 is 2.39 bits per heavy atom. The van der Waals surface area contributed by atoms with Gasteiger partial charge in [0.25, 0.3) is 11.5 Å². The summed E-state index contributed by atoms with van der Waals surface area (Å²) >= 11 is 0. The van der Waals surface area contributed by atoms with Gasteiger partial charge in [0, 0.05) is 11.1 Å². The Kier molecular flexibility index (Phi) is 4.49. The number of amides is 1. The van der Waals surface area contributed by atoms with E-state index in [4.69, 9.17) is 0 Å². The molecule has 4 rings (SSSR count). The quantitative estimate of drug-likeness (QED) is 0.560. The van der Waals surface area contributed by atoms with Gasteiger partial charge in [-0.05, 0) is 44.2 Å². The number of rotatable bonds is 3. The predicted octanol–water partition coefficient (Wildman–Crippen LogP) is 4.46. The van der Waals surface area contributed by atoms with E-state index >= 15 is 0 Å². The number of anilines is 1. The van der Waals surface area contributed by atoms with E-state index in [2.05, 4.69) is 15.3 Å². The van der Waals surface area contributed by atoms with Gasteiger partial charge in [0.05, 0.1) is 16.7 Å². The van der Waals surface area contributed by atoms with E-state index in [-0.39, 0.29) is 17.2 Å². The number of carbonyl (C=O) groups excluding carboxylic acids is 1. The monoisotopic (exact) mass is 369 g/mol. The fourth-order valence-corrected chi connectivity index (χ4v) is 3.31. The molecular weight excluding hydrogens is 350 g/mol. The summed E-state index contributed by atoms with van der Waals surface area (Å²) in [6.07, 6.45) is 0. The van der Waals surface area contributed by atoms with Crippen LogP contribution in [0.4, 0.5) is 5.69 Å². The molecule has 5 heteroatoms. The molecule has 0 radical (unpaired) electrons. The van der Waals surface area contributed by atoms with Crippen LogP contribution in [-0.4, -0.2) is 15.9 Å². The fourth-order valence-electron chi connectivity index (χ4n) is 3.31. The van der Waals surface area contributed by atoms with Gasteiger partial charge in [-0.15, -0.1) is 0 Å². The molecule has 0 aliphatic carbocycles. The number of aromatic nitrogens is 2. The van der Waals surface area contributed by atoms with Crippen molar-refractivity contribution in [3.63, 3.8) is 0 Å². The van der Waals surface area contributed by atoms with E-state index in [1.165, 1.54) is 0 Å². The van der Waals surface area contributed by atoms with E-state index < -0.39 is 0 Å². The lowest BCUT2D eigenvalue weighted by Gasteiger charge is -2.11. The van der Waals surface area contributed by atoms with Crippen molar-refractivity contribution in [1.82, 2.24) is 9.97 Å². The number of benzene rings is 3. The highest BCUT2D eigenvalue weighted by molar-refractivity contribution is 6.06. The summed E-state index contributed by atoms with van der Waals surface area (Å²) < 4.78 is 0. The van der Waals surface area contributed by atoms with Gasteiger partial charge in [-0.2, -0.15) is 0 Å². The van der Waals surface area contributed by atoms with Gasteiger partial charge in [-0.3, -0.25) is 9.59 Å². The van der Waals surface area contributed by atoms with Crippen molar-refractivity contribution >= 4 is 22.6 Å². The number of hydrogen-bond donors (Lipinski definition) is 2. The lowest BCUT2D eigenvalue weighted by molar-refractivity contribution is 0.102. The first-order chi connectivity index (χ1) is 13.5. The molecule has 0 spiro atoms. The lowest BCUT2D eigenvalue weighted by Crippen LogP contribution is -2.16. The van der Waals surface area contributed by atoms with Crippen LogP contribution in [0.15, 0.2) is 71.5 Å². The molecule has 0 aliphatic rings. The number of para-hydroxylation sites is 3. The van der Waals surface area contributed by atoms with Gasteiger partial charge in [-0.25, -0.2) is 4.98 Å². The van der Waals surface area contributed by atoms with Crippen molar-refractivity contribution in [2.45, 2.75) is 13.8 Å². The van der Waals surface area contributed by atoms with Crippen molar-refractivity contribution in [2.24, 2.45) is 0 Å². The van der Waals surface area contributed by atoms with Crippen molar-refractivity contribution in [1.29, 1.82) is 0 Å². The minimum Gasteiger partial charge on any atom is -0.321 e. The Morgan fingerprint density at radius 2 is 1.61 bits per heavy atom. The highest BCUT2D eigenvalue weighted by atomic mass is 16.1. The van der Waals surface area contributed by atoms with E-state index in [1.54, 1.807) is 18.2 Å². The van der Waals surface area contributed by atoms with Crippen LogP contribution in [0.1, 0.15) is 21.5 Å². The van der Waals surface area contributed by atoms with Crippen LogP contribution in [0, 0.1) is 13.8 Å². The third-order valence-corrected chi connectivity index (χ3v) is 4.51. The maximum Gasteiger partial charge on any atom is 0.275 e. The van der Waals surface area contributed by atoms with E-state index in [0.717, 1.165) is 11.1 Å². The number of fused-ring (bicyclic) bond motifs is 1. The minimum atomic E-state index is -0.299. The molecule has 1 heterocycles. The third kappa shape index (κ3) is 3.42. The standard InChI is InChI=1S/C23H19N3O2/c1-14-11-15(2)13-16(12-14)22(27)25-18-8-4-3-7-17(18)21-23(28)26-20-10-6-5-9-19(20)24-21/h3-13H,1-2H3,(H,25,27)(H,26,28). The molecular formula is C23H19N3O2. The van der Waals surface area contributed by atoms with Crippen molar-refractivity contribution < 1.29 is 4.79 Å². The molecule has 0 unspecified atom stereocenters. The van der Waals surface area contributed by atoms with Crippen LogP contribution in [-0.2, 0) is 0 Å². The van der Waals surface area contributed by atoms with E-state index in [0.29, 0.717) is 27.8 Å². The predicted molar refractivity (Wildman–Crippen MR) is 112 cm³/mol. The molecule has 0 bridgehead atoms. The molecule has 28 heavy (non-hydrogen) atoms. The Balaban J connectivity index is 1.76. The second-order valence-corrected chi connectivity index (χ2v) is 6.81. The van der Waals surface area contributed by atoms with Gasteiger partial charge in [0.15, 0.2) is 0 Å². The van der Waals surface area contributed by atoms with Crippen LogP contribution in [0.2, 0.25) is 0 Å². The van der Waals surface area contributed by atoms with Crippen molar-refractivity contribution in [3.8, 4) is 11.3 Å². The molecule has 138 valence electrons. The minimum absolute atomic E-state index is 0.225. The number of hydrogen-bond acceptors (Lipinski definition) is 3. The summed E-state index contributed by atoms with van der Waals surface area (Å²) in [7, 11) is 0. The topological polar surface area (TPSA) is 74.8 Å². The average molecular weight is 369 g/mol. The molecule has 0 aliphatic heterocycles. The van der Waals surface area contributed by atoms with Crippen LogP contribution >= 0.6 is 0 Å². The maximum absolute atomic E-state index is 12.8. The molecule has 0 fully saturated rings. The molecule has 1 amide bonds. The van der Waals surface area contributed by atoms with E-state index in [9.17, 15) is 9.59 Å². The van der Waals surface area contributed by atoms with Gasteiger partial charge in [-0.1, -0.05) is 47.5 Å². The zero-order valence-electron chi connectivity index (χ0n) is 15.6. The number of nitrogens with one attached hydrogen (secondary N) is 2.